The summed E-state index contributed by atoms with van der Waals surface area (Å²) in [5.41, 5.74) is 5.59. The molecule has 0 saturated heterocycles. The van der Waals surface area contributed by atoms with Crippen LogP contribution in [0.2, 0.25) is 0 Å². The zero-order valence-electron chi connectivity index (χ0n) is 17.6. The second-order valence-corrected chi connectivity index (χ2v) is 7.08. The lowest BCUT2D eigenvalue weighted by molar-refractivity contribution is -0.118. The summed E-state index contributed by atoms with van der Waals surface area (Å²) in [6.45, 7) is 2.32. The van der Waals surface area contributed by atoms with E-state index in [0.717, 1.165) is 12.0 Å². The van der Waals surface area contributed by atoms with E-state index in [4.69, 9.17) is 14.9 Å². The number of methoxy groups -OCH3 is 1. The number of aromatic nitrogens is 2. The molecule has 0 aliphatic heterocycles. The lowest BCUT2D eigenvalue weighted by atomic mass is 10.1. The highest BCUT2D eigenvalue weighted by molar-refractivity contribution is 5.96. The smallest absolute Gasteiger partial charge is 0.330 e. The van der Waals surface area contributed by atoms with E-state index in [9.17, 15) is 14.4 Å². The maximum Gasteiger partial charge on any atom is 0.330 e. The minimum Gasteiger partial charge on any atom is -0.497 e. The predicted octanol–water partition coefficient (Wildman–Crippen LogP) is 2.30. The third-order valence-corrected chi connectivity index (χ3v) is 4.93. The average molecular weight is 426 g/mol. The van der Waals surface area contributed by atoms with Gasteiger partial charge in [-0.25, -0.2) is 4.79 Å². The molecule has 9 nitrogen and oxygen atoms in total. The highest BCUT2D eigenvalue weighted by atomic mass is 16.5. The summed E-state index contributed by atoms with van der Waals surface area (Å²) < 4.78 is 11.8. The molecule has 0 atom stereocenters. The van der Waals surface area contributed by atoms with Gasteiger partial charge in [0, 0.05) is 6.54 Å². The molecule has 0 aliphatic rings. The number of furan rings is 1. The first kappa shape index (κ1) is 21.9. The number of nitrogen functional groups attached to an aromatic ring is 1. The number of unbranched alkanes of at least 4 members (excludes halogenated alkanes) is 1. The standard InChI is InChI=1S/C22H26N4O5/c1-3-4-11-25-20(23)19(21(28)24-22(25)29)26(14-17-6-5-12-31-17)18(27)13-15-7-9-16(30-2)10-8-15/h5-10,12H,3-4,11,13-14,23H2,1-2H3,(H,24,28,29). The first-order chi connectivity index (χ1) is 14.9. The molecule has 2 aromatic heterocycles. The van der Waals surface area contributed by atoms with Crippen molar-refractivity contribution in [2.24, 2.45) is 0 Å². The fourth-order valence-corrected chi connectivity index (χ4v) is 3.24. The number of H-pyrrole nitrogens is 1. The van der Waals surface area contributed by atoms with Crippen LogP contribution >= 0.6 is 0 Å². The summed E-state index contributed by atoms with van der Waals surface area (Å²) >= 11 is 0. The largest absolute Gasteiger partial charge is 0.497 e. The number of aromatic amines is 1. The van der Waals surface area contributed by atoms with E-state index in [1.54, 1.807) is 43.5 Å². The summed E-state index contributed by atoms with van der Waals surface area (Å²) in [7, 11) is 1.56. The van der Waals surface area contributed by atoms with Crippen molar-refractivity contribution in [1.82, 2.24) is 9.55 Å². The first-order valence-corrected chi connectivity index (χ1v) is 10.0. The zero-order valence-corrected chi connectivity index (χ0v) is 17.6. The number of amides is 1. The van der Waals surface area contributed by atoms with Crippen LogP contribution in [0.25, 0.3) is 0 Å². The van der Waals surface area contributed by atoms with E-state index >= 15 is 0 Å². The van der Waals surface area contributed by atoms with E-state index in [1.807, 2.05) is 6.92 Å². The van der Waals surface area contributed by atoms with Gasteiger partial charge in [0.2, 0.25) is 5.91 Å². The highest BCUT2D eigenvalue weighted by Crippen LogP contribution is 2.22. The monoisotopic (exact) mass is 426 g/mol. The fourth-order valence-electron chi connectivity index (χ4n) is 3.24. The van der Waals surface area contributed by atoms with Gasteiger partial charge in [0.25, 0.3) is 5.56 Å². The molecule has 1 aromatic carbocycles. The summed E-state index contributed by atoms with van der Waals surface area (Å²) in [6, 6.07) is 10.5. The lowest BCUT2D eigenvalue weighted by Crippen LogP contribution is -2.41. The van der Waals surface area contributed by atoms with Crippen molar-refractivity contribution in [2.45, 2.75) is 39.3 Å². The third kappa shape index (κ3) is 5.06. The van der Waals surface area contributed by atoms with Gasteiger partial charge in [0.05, 0.1) is 26.3 Å². The number of hydrogen-bond acceptors (Lipinski definition) is 6. The molecule has 0 saturated carbocycles. The maximum absolute atomic E-state index is 13.3. The number of anilines is 2. The van der Waals surface area contributed by atoms with Crippen molar-refractivity contribution in [3.05, 3.63) is 74.8 Å². The van der Waals surface area contributed by atoms with Crippen molar-refractivity contribution >= 4 is 17.4 Å². The Kier molecular flexibility index (Phi) is 6.96. The minimum absolute atomic E-state index is 0.00124. The molecular formula is C22H26N4O5. The number of rotatable bonds is 9. The Labute approximate surface area is 179 Å². The van der Waals surface area contributed by atoms with Gasteiger partial charge in [-0.1, -0.05) is 25.5 Å². The Bertz CT molecular complexity index is 1130. The molecule has 0 unspecified atom stereocenters. The second-order valence-electron chi connectivity index (χ2n) is 7.08. The summed E-state index contributed by atoms with van der Waals surface area (Å²) in [5, 5.41) is 0. The Morgan fingerprint density at radius 3 is 2.58 bits per heavy atom. The predicted molar refractivity (Wildman–Crippen MR) is 117 cm³/mol. The molecule has 3 rings (SSSR count). The molecule has 0 aliphatic carbocycles. The van der Waals surface area contributed by atoms with Gasteiger partial charge in [-0.2, -0.15) is 0 Å². The van der Waals surface area contributed by atoms with Gasteiger partial charge >= 0.3 is 5.69 Å². The Hall–Kier alpha value is -3.75. The van der Waals surface area contributed by atoms with Gasteiger partial charge in [-0.3, -0.25) is 24.0 Å². The minimum atomic E-state index is -0.718. The van der Waals surface area contributed by atoms with Crippen LogP contribution < -0.4 is 26.6 Å². The van der Waals surface area contributed by atoms with E-state index in [1.165, 1.54) is 15.7 Å². The maximum atomic E-state index is 13.3. The van der Waals surface area contributed by atoms with Gasteiger partial charge in [-0.15, -0.1) is 0 Å². The molecule has 164 valence electrons. The second kappa shape index (κ2) is 9.84. The molecular weight excluding hydrogens is 400 g/mol. The molecule has 3 aromatic rings. The van der Waals surface area contributed by atoms with Crippen LogP contribution in [0.5, 0.6) is 5.75 Å². The molecule has 1 amide bonds. The number of hydrogen-bond donors (Lipinski definition) is 2. The number of benzene rings is 1. The van der Waals surface area contributed by atoms with Crippen molar-refractivity contribution in [2.75, 3.05) is 17.7 Å². The van der Waals surface area contributed by atoms with Gasteiger partial charge in [0.1, 0.15) is 17.3 Å². The zero-order chi connectivity index (χ0) is 22.4. The van der Waals surface area contributed by atoms with Crippen molar-refractivity contribution < 1.29 is 13.9 Å². The van der Waals surface area contributed by atoms with Crippen molar-refractivity contribution in [3.63, 3.8) is 0 Å². The number of carbonyl (C=O) groups is 1. The van der Waals surface area contributed by atoms with Crippen molar-refractivity contribution in [3.8, 4) is 5.75 Å². The van der Waals surface area contributed by atoms with E-state index in [-0.39, 0.29) is 30.4 Å². The van der Waals surface area contributed by atoms with Crippen LogP contribution in [0.3, 0.4) is 0 Å². The van der Waals surface area contributed by atoms with Crippen LogP contribution in [0.4, 0.5) is 11.5 Å². The Morgan fingerprint density at radius 1 is 1.23 bits per heavy atom. The normalized spacial score (nSPS) is 10.8. The molecule has 9 heteroatoms. The van der Waals surface area contributed by atoms with Crippen LogP contribution in [0.15, 0.2) is 56.7 Å². The Morgan fingerprint density at radius 2 is 1.97 bits per heavy atom. The molecule has 0 radical (unpaired) electrons. The van der Waals surface area contributed by atoms with Crippen LogP contribution in [-0.2, 0) is 24.3 Å². The highest BCUT2D eigenvalue weighted by Gasteiger charge is 2.25. The van der Waals surface area contributed by atoms with E-state index in [2.05, 4.69) is 4.98 Å². The molecule has 31 heavy (non-hydrogen) atoms. The molecule has 0 bridgehead atoms. The van der Waals surface area contributed by atoms with Crippen LogP contribution in [-0.4, -0.2) is 22.6 Å². The fraction of sp³-hybridized carbons (Fsp3) is 0.318. The van der Waals surface area contributed by atoms with Crippen LogP contribution in [0, 0.1) is 0 Å². The quantitative estimate of drug-likeness (QED) is 0.541. The molecule has 2 heterocycles. The number of nitrogens with one attached hydrogen (secondary N) is 1. The van der Waals surface area contributed by atoms with Crippen molar-refractivity contribution in [1.29, 1.82) is 0 Å². The van der Waals surface area contributed by atoms with Crippen LogP contribution in [0.1, 0.15) is 31.1 Å². The lowest BCUT2D eigenvalue weighted by Gasteiger charge is -2.24. The van der Waals surface area contributed by atoms with Gasteiger partial charge < -0.3 is 14.9 Å². The molecule has 3 N–H and O–H groups in total. The van der Waals surface area contributed by atoms with Gasteiger partial charge in [-0.05, 0) is 36.2 Å². The average Bonchev–Trinajstić information content (AvgIpc) is 3.26. The number of carbonyl (C=O) groups excluding carboxylic acids is 1. The topological polar surface area (TPSA) is 124 Å². The summed E-state index contributed by atoms with van der Waals surface area (Å²) in [5.74, 6) is 0.747. The first-order valence-electron chi connectivity index (χ1n) is 10.0. The number of nitrogens with zero attached hydrogens (tertiary/aromatic N) is 2. The SMILES string of the molecule is CCCCn1c(N)c(N(Cc2ccco2)C(=O)Cc2ccc(OC)cc2)c(=O)[nH]c1=O. The Balaban J connectivity index is 2.01. The number of ether oxygens (including phenoxy) is 1. The van der Waals surface area contributed by atoms with Gasteiger partial charge in [0.15, 0.2) is 5.69 Å². The molecule has 0 spiro atoms. The van der Waals surface area contributed by atoms with E-state index in [0.29, 0.717) is 24.5 Å². The number of nitrogens with two attached hydrogens (primary N) is 1. The summed E-state index contributed by atoms with van der Waals surface area (Å²) in [4.78, 5) is 41.8. The third-order valence-electron chi connectivity index (χ3n) is 4.93. The molecule has 0 fully saturated rings. The van der Waals surface area contributed by atoms with E-state index < -0.39 is 11.2 Å². The summed E-state index contributed by atoms with van der Waals surface area (Å²) in [6.07, 6.45) is 3.05.